The van der Waals surface area contributed by atoms with Crippen LogP contribution in [0.3, 0.4) is 0 Å². The molecule has 0 saturated carbocycles. The Morgan fingerprint density at radius 1 is 0.547 bits per heavy atom. The summed E-state index contributed by atoms with van der Waals surface area (Å²) in [4.78, 5) is 52.6. The molecule has 3 aromatic carbocycles. The summed E-state index contributed by atoms with van der Waals surface area (Å²) >= 11 is 1.95. The number of thioether (sulfide) groups is 1. The molecule has 4 aromatic rings. The number of Topliss-reactive ketones (excluding diaryl/α,β-unsaturated/α-hetero) is 1. The Bertz CT molecular complexity index is 2960. The Morgan fingerprint density at radius 3 is 1.68 bits per heavy atom. The Hall–Kier alpha value is -6.49. The number of amides is 3. The van der Waals surface area contributed by atoms with Gasteiger partial charge in [-0.25, -0.2) is 4.79 Å². The molecule has 4 aliphatic heterocycles. The molecule has 0 bridgehead atoms. The molecule has 0 aliphatic carbocycles. The minimum Gasteiger partial charge on any atom is -0.461 e. The zero-order valence-electron chi connectivity index (χ0n) is 54.9. The number of fused-ring (bicyclic) bond motifs is 3. The number of aromatic nitrogens is 3. The number of rotatable bonds is 55. The highest BCUT2D eigenvalue weighted by atomic mass is 32.2. The smallest absolute Gasteiger partial charge is 0.324 e. The number of ketones is 1. The topological polar surface area (TPSA) is 283 Å². The third-order valence-electron chi connectivity index (χ3n) is 15.3. The summed E-state index contributed by atoms with van der Waals surface area (Å²) in [6.07, 6.45) is 5.66. The van der Waals surface area contributed by atoms with E-state index in [1.54, 1.807) is 4.90 Å². The number of unbranched alkanes of at least 4 members (excludes halogenated alkanes) is 2. The van der Waals surface area contributed by atoms with E-state index in [9.17, 15) is 14.4 Å². The van der Waals surface area contributed by atoms with Crippen LogP contribution >= 0.6 is 11.8 Å². The second kappa shape index (κ2) is 44.4. The number of hydrogen-bond donors (Lipinski definition) is 3. The van der Waals surface area contributed by atoms with Crippen molar-refractivity contribution in [1.82, 2.24) is 25.6 Å². The molecule has 520 valence electrons. The number of ether oxygens (including phenoxy) is 14. The number of anilines is 2. The summed E-state index contributed by atoms with van der Waals surface area (Å²) in [5, 5.41) is 17.8. The van der Waals surface area contributed by atoms with Gasteiger partial charge in [0.25, 0.3) is 0 Å². The SMILES string of the molecule is CC1(c2ccc(COCCOCCOCCOCCOc3nc(NCCOCCOCCOCCOCCC(=O)CCCC(=O)N4Cc5ccccc5C#Cc5ccccc54)nc(OCCOCCOCCOCCOCCCCC[C@@H]4SC[C@@H]5NC(=O)N[C@@H]54)n3)cc2)N=N1. The lowest BCUT2D eigenvalue weighted by Gasteiger charge is -2.26. The lowest BCUT2D eigenvalue weighted by Crippen LogP contribution is -2.36. The van der Waals surface area contributed by atoms with Gasteiger partial charge in [-0.3, -0.25) is 9.59 Å². The van der Waals surface area contributed by atoms with Crippen LogP contribution in [0.4, 0.5) is 16.4 Å². The normalized spacial score (nSPS) is 16.4. The summed E-state index contributed by atoms with van der Waals surface area (Å²) in [6, 6.07) is 24.3. The molecular weight excluding hydrogens is 1250 g/mol. The Balaban J connectivity index is 0.608. The van der Waals surface area contributed by atoms with Gasteiger partial charge in [0.15, 0.2) is 0 Å². The maximum absolute atomic E-state index is 13.5. The van der Waals surface area contributed by atoms with Crippen LogP contribution in [0.15, 0.2) is 83.0 Å². The lowest BCUT2D eigenvalue weighted by atomic mass is 10.0. The number of nitrogens with zero attached hydrogens (tertiary/aromatic N) is 6. The highest BCUT2D eigenvalue weighted by molar-refractivity contribution is 8.00. The molecular formula is C68H95N9O17S. The summed E-state index contributed by atoms with van der Waals surface area (Å²) < 4.78 is 79.7. The van der Waals surface area contributed by atoms with E-state index < -0.39 is 0 Å². The van der Waals surface area contributed by atoms with Crippen molar-refractivity contribution in [3.63, 3.8) is 0 Å². The molecule has 4 aliphatic rings. The maximum Gasteiger partial charge on any atom is 0.324 e. The van der Waals surface area contributed by atoms with Crippen molar-refractivity contribution < 1.29 is 80.7 Å². The van der Waals surface area contributed by atoms with E-state index in [2.05, 4.69) is 53.0 Å². The quantitative estimate of drug-likeness (QED) is 0.0231. The van der Waals surface area contributed by atoms with E-state index in [0.29, 0.717) is 170 Å². The van der Waals surface area contributed by atoms with Crippen LogP contribution in [0.25, 0.3) is 0 Å². The zero-order chi connectivity index (χ0) is 66.1. The molecule has 5 heterocycles. The minimum absolute atomic E-state index is 0.0347. The Kier molecular flexibility index (Phi) is 34.7. The number of benzene rings is 3. The van der Waals surface area contributed by atoms with Crippen molar-refractivity contribution in [1.29, 1.82) is 0 Å². The summed E-state index contributed by atoms with van der Waals surface area (Å²) in [5.41, 5.74) is 5.27. The van der Waals surface area contributed by atoms with Crippen molar-refractivity contribution in [2.24, 2.45) is 10.2 Å². The van der Waals surface area contributed by atoms with Gasteiger partial charge in [-0.2, -0.15) is 32.0 Å². The van der Waals surface area contributed by atoms with E-state index in [4.69, 9.17) is 66.3 Å². The molecule has 0 radical (unpaired) electrons. The third-order valence-corrected chi connectivity index (χ3v) is 16.8. The van der Waals surface area contributed by atoms with Crippen LogP contribution < -0.4 is 30.3 Å². The van der Waals surface area contributed by atoms with Gasteiger partial charge in [0, 0.05) is 60.1 Å². The van der Waals surface area contributed by atoms with Crippen LogP contribution in [0.2, 0.25) is 0 Å². The number of carbonyl (C=O) groups excluding carboxylic acids is 3. The molecule has 8 rings (SSSR count). The van der Waals surface area contributed by atoms with Crippen molar-refractivity contribution in [3.05, 3.63) is 101 Å². The molecule has 95 heavy (non-hydrogen) atoms. The Labute approximate surface area is 561 Å². The largest absolute Gasteiger partial charge is 0.461 e. The lowest BCUT2D eigenvalue weighted by molar-refractivity contribution is -0.121. The third kappa shape index (κ3) is 29.0. The first-order valence-electron chi connectivity index (χ1n) is 33.2. The molecule has 2 fully saturated rings. The number of carbonyl (C=O) groups is 3. The van der Waals surface area contributed by atoms with E-state index >= 15 is 0 Å². The standard InChI is InChI=1S/C68H95N9O17S/c1-68(75-76-68)57-21-17-53(18-22-57)51-92-45-44-89-39-38-88-41-43-91-47-49-94-67-73-64(72-66(74-67)93-48-46-90-42-40-87-37-34-84-31-28-81-25-8-2-3-15-61-63-59(52-95-61)70-65(80)71-63)69-24-27-83-30-33-86-36-35-85-32-29-82-26-23-58(78)13-9-16-62(79)77-50-56-12-5-4-10-54(56)19-20-55-11-6-7-14-60(55)77/h4-7,10-12,14,17-18,21-22,59,61,63H,2-3,8-9,13,15-16,23-52H2,1H3,(H2,70,71,80)(H,69,72,73,74)/t59-,61-,63-/m0/s1. The fourth-order valence-electron chi connectivity index (χ4n) is 10.1. The highest BCUT2D eigenvalue weighted by Crippen LogP contribution is 2.38. The van der Waals surface area contributed by atoms with Gasteiger partial charge in [-0.15, -0.1) is 4.98 Å². The second-order valence-electron chi connectivity index (χ2n) is 22.6. The molecule has 27 heteroatoms. The average molecular weight is 1340 g/mol. The van der Waals surface area contributed by atoms with Crippen LogP contribution in [0.5, 0.6) is 12.0 Å². The van der Waals surface area contributed by atoms with Crippen LogP contribution in [0.1, 0.15) is 86.1 Å². The second-order valence-corrected chi connectivity index (χ2v) is 23.8. The molecule has 1 aromatic heterocycles. The van der Waals surface area contributed by atoms with Gasteiger partial charge in [0.05, 0.1) is 176 Å². The van der Waals surface area contributed by atoms with Gasteiger partial charge >= 0.3 is 18.1 Å². The molecule has 3 atom stereocenters. The van der Waals surface area contributed by atoms with Crippen molar-refractivity contribution in [3.8, 4) is 23.9 Å². The van der Waals surface area contributed by atoms with Crippen LogP contribution in [-0.2, 0) is 85.2 Å². The zero-order valence-corrected chi connectivity index (χ0v) is 55.7. The van der Waals surface area contributed by atoms with Crippen molar-refractivity contribution in [2.75, 3.05) is 188 Å². The molecule has 2 saturated heterocycles. The monoisotopic (exact) mass is 1340 g/mol. The molecule has 0 unspecified atom stereocenters. The first-order chi connectivity index (χ1) is 46.8. The number of urea groups is 1. The first kappa shape index (κ1) is 74.3. The van der Waals surface area contributed by atoms with Gasteiger partial charge in [-0.05, 0) is 55.5 Å². The highest BCUT2D eigenvalue weighted by Gasteiger charge is 2.42. The van der Waals surface area contributed by atoms with Gasteiger partial charge in [0.1, 0.15) is 19.0 Å². The number of hydrogen-bond acceptors (Lipinski definition) is 24. The number of para-hydroxylation sites is 1. The van der Waals surface area contributed by atoms with Crippen LogP contribution in [-0.4, -0.2) is 227 Å². The fraction of sp³-hybridized carbons (Fsp3) is 0.618. The van der Waals surface area contributed by atoms with Crippen molar-refractivity contribution in [2.45, 2.75) is 94.4 Å². The minimum atomic E-state index is -0.377. The molecule has 3 amide bonds. The molecule has 0 spiro atoms. The Morgan fingerprint density at radius 2 is 1.07 bits per heavy atom. The van der Waals surface area contributed by atoms with Gasteiger partial charge in [-0.1, -0.05) is 79.3 Å². The summed E-state index contributed by atoms with van der Waals surface area (Å²) in [6.45, 7) is 13.1. The van der Waals surface area contributed by atoms with Crippen LogP contribution in [0, 0.1) is 11.8 Å². The van der Waals surface area contributed by atoms with E-state index in [1.165, 1.54) is 0 Å². The first-order valence-corrected chi connectivity index (χ1v) is 34.3. The summed E-state index contributed by atoms with van der Waals surface area (Å²) in [5.74, 6) is 7.71. The molecule has 3 N–H and O–H groups in total. The summed E-state index contributed by atoms with van der Waals surface area (Å²) in [7, 11) is 0. The van der Waals surface area contributed by atoms with E-state index in [0.717, 1.165) is 64.9 Å². The predicted octanol–water partition coefficient (Wildman–Crippen LogP) is 6.88. The van der Waals surface area contributed by atoms with E-state index in [-0.39, 0.29) is 99.3 Å². The predicted molar refractivity (Wildman–Crippen MR) is 354 cm³/mol. The maximum atomic E-state index is 13.5. The van der Waals surface area contributed by atoms with Gasteiger partial charge < -0.3 is 87.2 Å². The fourth-order valence-corrected chi connectivity index (χ4v) is 11.6. The van der Waals surface area contributed by atoms with E-state index in [1.807, 2.05) is 91.5 Å². The van der Waals surface area contributed by atoms with Gasteiger partial charge in [0.2, 0.25) is 17.5 Å². The molecule has 26 nitrogen and oxygen atoms in total. The average Bonchev–Trinajstić information content (AvgIpc) is 1.77. The van der Waals surface area contributed by atoms with Crippen molar-refractivity contribution >= 4 is 41.1 Å². The number of nitrogens with one attached hydrogen (secondary N) is 3.